The van der Waals surface area contributed by atoms with Gasteiger partial charge in [0.25, 0.3) is 0 Å². The van der Waals surface area contributed by atoms with Gasteiger partial charge in [-0.1, -0.05) is 0 Å². The van der Waals surface area contributed by atoms with Crippen LogP contribution in [0.2, 0.25) is 0 Å². The number of H-pyrrole nitrogens is 1. The maximum atomic E-state index is 13.1. The smallest absolute Gasteiger partial charge is 0.357 e. The molecule has 1 aromatic heterocycles. The Labute approximate surface area is 94.9 Å². The topological polar surface area (TPSA) is 66.0 Å². The molecular formula is C11H8F2N2O2. The zero-order chi connectivity index (χ0) is 12.6. The van der Waals surface area contributed by atoms with Crippen molar-refractivity contribution in [3.8, 4) is 11.1 Å². The van der Waals surface area contributed by atoms with Crippen molar-refractivity contribution >= 4 is 5.97 Å². The third-order valence-electron chi connectivity index (χ3n) is 2.30. The summed E-state index contributed by atoms with van der Waals surface area (Å²) in [5.41, 5.74) is 0.516. The first-order valence-electron chi connectivity index (χ1n) is 4.73. The number of aromatic amines is 1. The van der Waals surface area contributed by atoms with Crippen LogP contribution in [0.5, 0.6) is 0 Å². The molecule has 0 aliphatic carbocycles. The number of benzene rings is 1. The van der Waals surface area contributed by atoms with E-state index >= 15 is 0 Å². The molecule has 0 spiro atoms. The highest BCUT2D eigenvalue weighted by Crippen LogP contribution is 2.27. The molecule has 0 aliphatic heterocycles. The fourth-order valence-corrected chi connectivity index (χ4v) is 1.64. The number of hydrogen-bond acceptors (Lipinski definition) is 2. The Bertz CT molecular complexity index is 573. The number of aryl methyl sites for hydroxylation is 1. The van der Waals surface area contributed by atoms with Gasteiger partial charge in [-0.3, -0.25) is 5.10 Å². The average molecular weight is 238 g/mol. The molecule has 88 valence electrons. The summed E-state index contributed by atoms with van der Waals surface area (Å²) < 4.78 is 26.1. The number of nitrogens with zero attached hydrogens (tertiary/aromatic N) is 1. The highest BCUT2D eigenvalue weighted by molar-refractivity contribution is 5.94. The summed E-state index contributed by atoms with van der Waals surface area (Å²) in [4.78, 5) is 10.9. The quantitative estimate of drug-likeness (QED) is 0.844. The molecule has 6 heteroatoms. The molecule has 2 aromatic rings. The molecule has 17 heavy (non-hydrogen) atoms. The monoisotopic (exact) mass is 238 g/mol. The van der Waals surface area contributed by atoms with Crippen molar-refractivity contribution < 1.29 is 18.7 Å². The summed E-state index contributed by atoms with van der Waals surface area (Å²) in [6.45, 7) is 1.58. The van der Waals surface area contributed by atoms with Gasteiger partial charge in [0, 0.05) is 17.3 Å². The second-order valence-corrected chi connectivity index (χ2v) is 3.54. The van der Waals surface area contributed by atoms with Crippen molar-refractivity contribution in [3.63, 3.8) is 0 Å². The van der Waals surface area contributed by atoms with Gasteiger partial charge in [-0.2, -0.15) is 5.10 Å². The van der Waals surface area contributed by atoms with E-state index < -0.39 is 17.6 Å². The third kappa shape index (κ3) is 2.01. The van der Waals surface area contributed by atoms with E-state index in [0.29, 0.717) is 5.69 Å². The maximum Gasteiger partial charge on any atom is 0.357 e. The van der Waals surface area contributed by atoms with Crippen LogP contribution >= 0.6 is 0 Å². The molecule has 1 heterocycles. The molecule has 0 saturated heterocycles. The summed E-state index contributed by atoms with van der Waals surface area (Å²) in [7, 11) is 0. The van der Waals surface area contributed by atoms with Crippen LogP contribution in [0.1, 0.15) is 16.2 Å². The van der Waals surface area contributed by atoms with E-state index in [2.05, 4.69) is 10.2 Å². The molecule has 0 fully saturated rings. The minimum absolute atomic E-state index is 0.145. The number of carboxylic acids is 1. The lowest BCUT2D eigenvalue weighted by atomic mass is 10.0. The second kappa shape index (κ2) is 3.97. The normalized spacial score (nSPS) is 10.5. The Hall–Kier alpha value is -2.24. The highest BCUT2D eigenvalue weighted by atomic mass is 19.1. The number of halogens is 2. The van der Waals surface area contributed by atoms with Gasteiger partial charge in [0.2, 0.25) is 0 Å². The van der Waals surface area contributed by atoms with Crippen LogP contribution in [0.25, 0.3) is 11.1 Å². The molecule has 0 bridgehead atoms. The molecule has 1 aromatic carbocycles. The summed E-state index contributed by atoms with van der Waals surface area (Å²) >= 11 is 0. The van der Waals surface area contributed by atoms with Crippen molar-refractivity contribution in [2.24, 2.45) is 0 Å². The van der Waals surface area contributed by atoms with Gasteiger partial charge in [-0.05, 0) is 24.6 Å². The lowest BCUT2D eigenvalue weighted by Gasteiger charge is -2.02. The molecule has 2 rings (SSSR count). The van der Waals surface area contributed by atoms with Crippen LogP contribution in [0.15, 0.2) is 18.2 Å². The maximum absolute atomic E-state index is 13.1. The number of aromatic nitrogens is 2. The highest BCUT2D eigenvalue weighted by Gasteiger charge is 2.19. The third-order valence-corrected chi connectivity index (χ3v) is 2.30. The van der Waals surface area contributed by atoms with Crippen LogP contribution < -0.4 is 0 Å². The SMILES string of the molecule is Cc1[nH]nc(C(=O)O)c1-c1cc(F)cc(F)c1. The minimum Gasteiger partial charge on any atom is -0.476 e. The Kier molecular flexibility index (Phi) is 2.63. The van der Waals surface area contributed by atoms with Crippen molar-refractivity contribution in [1.82, 2.24) is 10.2 Å². The van der Waals surface area contributed by atoms with E-state index in [9.17, 15) is 13.6 Å². The van der Waals surface area contributed by atoms with Gasteiger partial charge in [0.05, 0.1) is 0 Å². The van der Waals surface area contributed by atoms with E-state index in [1.807, 2.05) is 0 Å². The van der Waals surface area contributed by atoms with Gasteiger partial charge in [-0.25, -0.2) is 13.6 Å². The van der Waals surface area contributed by atoms with Gasteiger partial charge in [0.1, 0.15) is 11.6 Å². The van der Waals surface area contributed by atoms with Crippen molar-refractivity contribution in [2.45, 2.75) is 6.92 Å². The van der Waals surface area contributed by atoms with Crippen LogP contribution in [0.3, 0.4) is 0 Å². The Morgan fingerprint density at radius 2 is 1.88 bits per heavy atom. The first kappa shape index (κ1) is 11.3. The number of hydrogen-bond donors (Lipinski definition) is 2. The fourth-order valence-electron chi connectivity index (χ4n) is 1.64. The molecule has 0 atom stereocenters. The molecule has 0 unspecified atom stereocenters. The largest absolute Gasteiger partial charge is 0.476 e. The van der Waals surface area contributed by atoms with E-state index in [-0.39, 0.29) is 16.8 Å². The van der Waals surface area contributed by atoms with E-state index in [1.54, 1.807) is 6.92 Å². The number of carbonyl (C=O) groups is 1. The minimum atomic E-state index is -1.26. The van der Waals surface area contributed by atoms with Gasteiger partial charge in [0.15, 0.2) is 5.69 Å². The summed E-state index contributed by atoms with van der Waals surface area (Å²) in [5.74, 6) is -2.79. The molecule has 0 saturated carbocycles. The Balaban J connectivity index is 2.67. The van der Waals surface area contributed by atoms with Crippen LogP contribution in [0, 0.1) is 18.6 Å². The zero-order valence-corrected chi connectivity index (χ0v) is 8.79. The summed E-state index contributed by atoms with van der Waals surface area (Å²) in [5, 5.41) is 15.0. The lowest BCUT2D eigenvalue weighted by Crippen LogP contribution is -1.99. The second-order valence-electron chi connectivity index (χ2n) is 3.54. The number of rotatable bonds is 2. The lowest BCUT2D eigenvalue weighted by molar-refractivity contribution is 0.0691. The first-order chi connectivity index (χ1) is 7.99. The van der Waals surface area contributed by atoms with Crippen LogP contribution in [0.4, 0.5) is 8.78 Å². The van der Waals surface area contributed by atoms with Gasteiger partial charge >= 0.3 is 5.97 Å². The van der Waals surface area contributed by atoms with E-state index in [1.165, 1.54) is 0 Å². The zero-order valence-electron chi connectivity index (χ0n) is 8.79. The van der Waals surface area contributed by atoms with Crippen LogP contribution in [-0.2, 0) is 0 Å². The van der Waals surface area contributed by atoms with Crippen molar-refractivity contribution in [1.29, 1.82) is 0 Å². The average Bonchev–Trinajstić information content (AvgIpc) is 2.58. The molecule has 0 amide bonds. The standard InChI is InChI=1S/C11H8F2N2O2/c1-5-9(10(11(16)17)15-14-5)6-2-7(12)4-8(13)3-6/h2-4H,1H3,(H,14,15)(H,16,17). The number of nitrogens with one attached hydrogen (secondary N) is 1. The predicted molar refractivity (Wildman–Crippen MR) is 55.6 cm³/mol. The van der Waals surface area contributed by atoms with Crippen molar-refractivity contribution in [2.75, 3.05) is 0 Å². The molecule has 0 radical (unpaired) electrons. The first-order valence-corrected chi connectivity index (χ1v) is 4.73. The van der Waals surface area contributed by atoms with E-state index in [0.717, 1.165) is 18.2 Å². The fraction of sp³-hybridized carbons (Fsp3) is 0.0909. The summed E-state index contributed by atoms with van der Waals surface area (Å²) in [6, 6.07) is 2.85. The molecule has 2 N–H and O–H groups in total. The van der Waals surface area contributed by atoms with Gasteiger partial charge in [-0.15, -0.1) is 0 Å². The Morgan fingerprint density at radius 3 is 2.41 bits per heavy atom. The molecular weight excluding hydrogens is 230 g/mol. The summed E-state index contributed by atoms with van der Waals surface area (Å²) in [6.07, 6.45) is 0. The van der Waals surface area contributed by atoms with Crippen molar-refractivity contribution in [3.05, 3.63) is 41.2 Å². The molecule has 0 aliphatic rings. The Morgan fingerprint density at radius 1 is 1.29 bits per heavy atom. The number of carboxylic acid groups (broad SMARTS) is 1. The van der Waals surface area contributed by atoms with Crippen LogP contribution in [-0.4, -0.2) is 21.3 Å². The van der Waals surface area contributed by atoms with Gasteiger partial charge < -0.3 is 5.11 Å². The van der Waals surface area contributed by atoms with E-state index in [4.69, 9.17) is 5.11 Å². The molecule has 4 nitrogen and oxygen atoms in total. The predicted octanol–water partition coefficient (Wildman–Crippen LogP) is 2.36. The number of aromatic carboxylic acids is 1.